The number of piperidine rings is 1. The van der Waals surface area contributed by atoms with E-state index >= 15 is 0 Å². The Balaban J connectivity index is 2.12. The molecule has 0 amide bonds. The molecule has 1 heterocycles. The first-order valence-electron chi connectivity index (χ1n) is 5.78. The van der Waals surface area contributed by atoms with E-state index in [0.717, 1.165) is 25.9 Å². The molecule has 1 atom stereocenters. The van der Waals surface area contributed by atoms with Crippen molar-refractivity contribution in [2.75, 3.05) is 33.8 Å². The smallest absolute Gasteiger partial charge is 0.308 e. The number of hydrogen-bond donors (Lipinski definition) is 2. The molecular formula is C11H22N2O3. The maximum absolute atomic E-state index is 10.9. The van der Waals surface area contributed by atoms with Crippen molar-refractivity contribution in [1.29, 1.82) is 0 Å². The summed E-state index contributed by atoms with van der Waals surface area (Å²) in [5, 5.41) is 12.8. The quantitative estimate of drug-likeness (QED) is 0.629. The number of hydrogen-bond acceptors (Lipinski definition) is 5. The number of ether oxygens (including phenoxy) is 1. The molecule has 1 fully saturated rings. The van der Waals surface area contributed by atoms with Gasteiger partial charge in [-0.2, -0.15) is 0 Å². The number of likely N-dealkylation sites (tertiary alicyclic amines) is 1. The molecule has 1 saturated heterocycles. The van der Waals surface area contributed by atoms with Crippen LogP contribution in [0.1, 0.15) is 19.3 Å². The molecule has 0 radical (unpaired) electrons. The van der Waals surface area contributed by atoms with Crippen molar-refractivity contribution in [3.8, 4) is 0 Å². The third-order valence-corrected chi connectivity index (χ3v) is 2.99. The highest BCUT2D eigenvalue weighted by atomic mass is 16.5. The van der Waals surface area contributed by atoms with Crippen LogP contribution in [-0.4, -0.2) is 61.9 Å². The van der Waals surface area contributed by atoms with E-state index in [1.54, 1.807) is 0 Å². The van der Waals surface area contributed by atoms with Gasteiger partial charge in [-0.15, -0.1) is 0 Å². The van der Waals surface area contributed by atoms with Crippen molar-refractivity contribution in [2.24, 2.45) is 0 Å². The molecule has 5 heteroatoms. The van der Waals surface area contributed by atoms with Crippen molar-refractivity contribution in [2.45, 2.75) is 31.4 Å². The summed E-state index contributed by atoms with van der Waals surface area (Å²) in [6, 6.07) is 0.462. The third-order valence-electron chi connectivity index (χ3n) is 2.99. The summed E-state index contributed by atoms with van der Waals surface area (Å²) in [7, 11) is 3.45. The van der Waals surface area contributed by atoms with Crippen LogP contribution in [0.2, 0.25) is 0 Å². The first-order chi connectivity index (χ1) is 7.61. The van der Waals surface area contributed by atoms with Gasteiger partial charge in [0.15, 0.2) is 0 Å². The molecule has 0 aromatic carbocycles. The molecule has 0 saturated carbocycles. The van der Waals surface area contributed by atoms with Crippen LogP contribution in [-0.2, 0) is 9.53 Å². The van der Waals surface area contributed by atoms with E-state index in [4.69, 9.17) is 0 Å². The Morgan fingerprint density at radius 1 is 1.56 bits per heavy atom. The zero-order chi connectivity index (χ0) is 12.0. The van der Waals surface area contributed by atoms with Crippen molar-refractivity contribution in [1.82, 2.24) is 10.2 Å². The molecule has 1 aliphatic rings. The average Bonchev–Trinajstić information content (AvgIpc) is 2.28. The van der Waals surface area contributed by atoms with Gasteiger partial charge in [0.1, 0.15) is 0 Å². The third kappa shape index (κ3) is 4.92. The molecule has 0 aromatic rings. The predicted molar refractivity (Wildman–Crippen MR) is 61.2 cm³/mol. The molecule has 94 valence electrons. The normalized spacial score (nSPS) is 20.7. The number of aliphatic hydroxyl groups excluding tert-OH is 1. The number of esters is 1. The Morgan fingerprint density at radius 3 is 2.75 bits per heavy atom. The second-order valence-corrected chi connectivity index (χ2v) is 4.42. The molecule has 1 rings (SSSR count). The Bertz CT molecular complexity index is 215. The van der Waals surface area contributed by atoms with Gasteiger partial charge in [0, 0.05) is 12.6 Å². The van der Waals surface area contributed by atoms with E-state index in [9.17, 15) is 9.90 Å². The van der Waals surface area contributed by atoms with Crippen LogP contribution in [0.25, 0.3) is 0 Å². The van der Waals surface area contributed by atoms with Gasteiger partial charge >= 0.3 is 5.97 Å². The maximum atomic E-state index is 10.9. The van der Waals surface area contributed by atoms with E-state index in [1.165, 1.54) is 7.11 Å². The lowest BCUT2D eigenvalue weighted by Gasteiger charge is -2.30. The fourth-order valence-corrected chi connectivity index (χ4v) is 1.86. The number of rotatable bonds is 5. The highest BCUT2D eigenvalue weighted by molar-refractivity contribution is 5.69. The zero-order valence-electron chi connectivity index (χ0n) is 10.1. The van der Waals surface area contributed by atoms with E-state index < -0.39 is 6.10 Å². The SMILES string of the molecule is COC(=O)CC(O)CNC1CCN(C)CC1. The summed E-state index contributed by atoms with van der Waals surface area (Å²) < 4.78 is 4.49. The molecule has 0 aromatic heterocycles. The first-order valence-corrected chi connectivity index (χ1v) is 5.78. The molecule has 0 bridgehead atoms. The van der Waals surface area contributed by atoms with Crippen LogP contribution in [0.3, 0.4) is 0 Å². The number of methoxy groups -OCH3 is 1. The molecule has 16 heavy (non-hydrogen) atoms. The number of carbonyl (C=O) groups is 1. The summed E-state index contributed by atoms with van der Waals surface area (Å²) in [5.41, 5.74) is 0. The van der Waals surface area contributed by atoms with Crippen LogP contribution in [0.4, 0.5) is 0 Å². The van der Waals surface area contributed by atoms with Crippen LogP contribution in [0.5, 0.6) is 0 Å². The summed E-state index contributed by atoms with van der Waals surface area (Å²) >= 11 is 0. The van der Waals surface area contributed by atoms with Crippen LogP contribution in [0.15, 0.2) is 0 Å². The van der Waals surface area contributed by atoms with Crippen molar-refractivity contribution in [3.05, 3.63) is 0 Å². The number of nitrogens with zero attached hydrogens (tertiary/aromatic N) is 1. The number of nitrogens with one attached hydrogen (secondary N) is 1. The van der Waals surface area contributed by atoms with Crippen molar-refractivity contribution >= 4 is 5.97 Å². The minimum absolute atomic E-state index is 0.0656. The van der Waals surface area contributed by atoms with E-state index in [0.29, 0.717) is 12.6 Å². The maximum Gasteiger partial charge on any atom is 0.308 e. The van der Waals surface area contributed by atoms with Gasteiger partial charge in [-0.3, -0.25) is 4.79 Å². The van der Waals surface area contributed by atoms with Crippen LogP contribution >= 0.6 is 0 Å². The summed E-state index contributed by atoms with van der Waals surface area (Å²) in [5.74, 6) is -0.363. The number of aliphatic hydroxyl groups is 1. The molecule has 5 nitrogen and oxygen atoms in total. The Morgan fingerprint density at radius 2 is 2.19 bits per heavy atom. The lowest BCUT2D eigenvalue weighted by Crippen LogP contribution is -2.43. The topological polar surface area (TPSA) is 61.8 Å². The number of carbonyl (C=O) groups excluding carboxylic acids is 1. The predicted octanol–water partition coefficient (Wildman–Crippen LogP) is -0.406. The lowest BCUT2D eigenvalue weighted by molar-refractivity contribution is -0.142. The summed E-state index contributed by atoms with van der Waals surface area (Å²) in [6.07, 6.45) is 1.62. The van der Waals surface area contributed by atoms with Gasteiger partial charge in [0.25, 0.3) is 0 Å². The fourth-order valence-electron chi connectivity index (χ4n) is 1.86. The summed E-state index contributed by atoms with van der Waals surface area (Å²) in [6.45, 7) is 2.64. The van der Waals surface area contributed by atoms with Gasteiger partial charge in [0.05, 0.1) is 19.6 Å². The van der Waals surface area contributed by atoms with Gasteiger partial charge in [-0.05, 0) is 33.0 Å². The molecule has 1 aliphatic heterocycles. The van der Waals surface area contributed by atoms with Gasteiger partial charge in [-0.25, -0.2) is 0 Å². The minimum Gasteiger partial charge on any atom is -0.469 e. The first kappa shape index (κ1) is 13.4. The molecule has 0 aliphatic carbocycles. The zero-order valence-corrected chi connectivity index (χ0v) is 10.1. The Kier molecular flexibility index (Phi) is 5.73. The monoisotopic (exact) mass is 230 g/mol. The minimum atomic E-state index is -0.646. The molecule has 2 N–H and O–H groups in total. The van der Waals surface area contributed by atoms with E-state index in [-0.39, 0.29) is 12.4 Å². The van der Waals surface area contributed by atoms with Gasteiger partial charge in [-0.1, -0.05) is 0 Å². The second-order valence-electron chi connectivity index (χ2n) is 4.42. The molecular weight excluding hydrogens is 208 g/mol. The summed E-state index contributed by atoms with van der Waals surface area (Å²) in [4.78, 5) is 13.2. The standard InChI is InChI=1S/C11H22N2O3/c1-13-5-3-9(4-6-13)12-8-10(14)7-11(15)16-2/h9-10,12,14H,3-8H2,1-2H3. The highest BCUT2D eigenvalue weighted by Crippen LogP contribution is 2.08. The van der Waals surface area contributed by atoms with E-state index in [2.05, 4.69) is 22.0 Å². The Labute approximate surface area is 96.8 Å². The Hall–Kier alpha value is -0.650. The van der Waals surface area contributed by atoms with Crippen molar-refractivity contribution in [3.63, 3.8) is 0 Å². The molecule has 1 unspecified atom stereocenters. The van der Waals surface area contributed by atoms with Gasteiger partial charge in [0.2, 0.25) is 0 Å². The van der Waals surface area contributed by atoms with Crippen molar-refractivity contribution < 1.29 is 14.6 Å². The fraction of sp³-hybridized carbons (Fsp3) is 0.909. The van der Waals surface area contributed by atoms with E-state index in [1.807, 2.05) is 0 Å². The largest absolute Gasteiger partial charge is 0.469 e. The van der Waals surface area contributed by atoms with Gasteiger partial charge < -0.3 is 20.1 Å². The second kappa shape index (κ2) is 6.83. The van der Waals surface area contributed by atoms with Crippen LogP contribution < -0.4 is 5.32 Å². The lowest BCUT2D eigenvalue weighted by atomic mass is 10.1. The van der Waals surface area contributed by atoms with Crippen LogP contribution in [0, 0.1) is 0 Å². The molecule has 0 spiro atoms. The highest BCUT2D eigenvalue weighted by Gasteiger charge is 2.18. The average molecular weight is 230 g/mol.